The molecular weight excluding hydrogens is 484 g/mol. The van der Waals surface area contributed by atoms with Crippen LogP contribution < -0.4 is 21.5 Å². The molecule has 2 unspecified atom stereocenters. The Bertz CT molecular complexity index is 1220. The van der Waals surface area contributed by atoms with E-state index in [0.717, 1.165) is 5.39 Å². The first-order chi connectivity index (χ1) is 17.2. The lowest BCUT2D eigenvalue weighted by Crippen LogP contribution is -2.51. The Balaban J connectivity index is 1.65. The number of guanidine groups is 1. The quantitative estimate of drug-likeness (QED) is 0.143. The largest absolute Gasteiger partial charge is 0.370 e. The summed E-state index contributed by atoms with van der Waals surface area (Å²) < 4.78 is 29.0. The SMILES string of the molecule is NC(N)=NCCCC(C=O)NC(=O)CN1CCCCC(NS(=O)(=O)c2cccc3ccccc23)C1=O. The number of sulfonamides is 1. The second-order valence-electron chi connectivity index (χ2n) is 8.67. The lowest BCUT2D eigenvalue weighted by molar-refractivity contribution is -0.137. The molecule has 0 aromatic heterocycles. The van der Waals surface area contributed by atoms with Crippen molar-refractivity contribution >= 4 is 44.9 Å². The number of carbonyl (C=O) groups is 3. The van der Waals surface area contributed by atoms with Crippen LogP contribution in [-0.2, 0) is 24.4 Å². The van der Waals surface area contributed by atoms with Gasteiger partial charge in [0, 0.05) is 18.5 Å². The number of aliphatic imine (C=N–C) groups is 1. The van der Waals surface area contributed by atoms with Crippen LogP contribution >= 0.6 is 0 Å². The van der Waals surface area contributed by atoms with Gasteiger partial charge in [-0.05, 0) is 43.6 Å². The molecule has 12 heteroatoms. The molecule has 0 aliphatic carbocycles. The summed E-state index contributed by atoms with van der Waals surface area (Å²) in [5.74, 6) is -1.02. The van der Waals surface area contributed by atoms with Crippen LogP contribution in [0.15, 0.2) is 52.4 Å². The minimum atomic E-state index is -4.00. The van der Waals surface area contributed by atoms with Gasteiger partial charge >= 0.3 is 0 Å². The minimum Gasteiger partial charge on any atom is -0.370 e. The number of fused-ring (bicyclic) bond motifs is 1. The van der Waals surface area contributed by atoms with E-state index in [-0.39, 0.29) is 17.4 Å². The first kappa shape index (κ1) is 27.1. The molecule has 3 rings (SSSR count). The molecule has 2 aromatic rings. The van der Waals surface area contributed by atoms with Gasteiger partial charge in [-0.1, -0.05) is 36.4 Å². The summed E-state index contributed by atoms with van der Waals surface area (Å²) in [5, 5.41) is 3.93. The number of nitrogens with two attached hydrogens (primary N) is 2. The molecule has 0 saturated carbocycles. The summed E-state index contributed by atoms with van der Waals surface area (Å²) >= 11 is 0. The van der Waals surface area contributed by atoms with E-state index < -0.39 is 33.9 Å². The molecule has 194 valence electrons. The van der Waals surface area contributed by atoms with E-state index in [1.165, 1.54) is 11.0 Å². The molecule has 1 fully saturated rings. The molecule has 36 heavy (non-hydrogen) atoms. The summed E-state index contributed by atoms with van der Waals surface area (Å²) in [6.45, 7) is 0.365. The first-order valence-corrected chi connectivity index (χ1v) is 13.3. The summed E-state index contributed by atoms with van der Waals surface area (Å²) in [4.78, 5) is 42.4. The number of hydrogen-bond acceptors (Lipinski definition) is 6. The highest BCUT2D eigenvalue weighted by Gasteiger charge is 2.32. The van der Waals surface area contributed by atoms with Crippen molar-refractivity contribution in [2.75, 3.05) is 19.6 Å². The summed E-state index contributed by atoms with van der Waals surface area (Å²) in [7, 11) is -4.00. The number of aldehydes is 1. The molecule has 2 aromatic carbocycles. The molecular formula is C24H32N6O5S. The van der Waals surface area contributed by atoms with E-state index in [1.54, 1.807) is 18.2 Å². The zero-order valence-corrected chi connectivity index (χ0v) is 20.7. The van der Waals surface area contributed by atoms with Gasteiger partial charge in [-0.2, -0.15) is 4.72 Å². The average molecular weight is 517 g/mol. The number of nitrogens with one attached hydrogen (secondary N) is 2. The number of benzene rings is 2. The topological polar surface area (TPSA) is 177 Å². The van der Waals surface area contributed by atoms with E-state index in [1.807, 2.05) is 18.2 Å². The molecule has 1 aliphatic rings. The molecule has 1 saturated heterocycles. The number of hydrogen-bond donors (Lipinski definition) is 4. The van der Waals surface area contributed by atoms with Gasteiger partial charge in [0.2, 0.25) is 21.8 Å². The Kier molecular flexibility index (Phi) is 9.37. The van der Waals surface area contributed by atoms with E-state index in [0.29, 0.717) is 56.9 Å². The van der Waals surface area contributed by atoms with Crippen molar-refractivity contribution in [3.05, 3.63) is 42.5 Å². The summed E-state index contributed by atoms with van der Waals surface area (Å²) in [6, 6.07) is 10.4. The van der Waals surface area contributed by atoms with Crippen molar-refractivity contribution in [3.8, 4) is 0 Å². The molecule has 1 aliphatic heterocycles. The Labute approximate surface area is 210 Å². The Hall–Kier alpha value is -3.51. The lowest BCUT2D eigenvalue weighted by Gasteiger charge is -2.25. The van der Waals surface area contributed by atoms with E-state index in [9.17, 15) is 22.8 Å². The third-order valence-corrected chi connectivity index (χ3v) is 7.46. The van der Waals surface area contributed by atoms with E-state index in [4.69, 9.17) is 11.5 Å². The molecule has 2 atom stereocenters. The lowest BCUT2D eigenvalue weighted by atomic mass is 10.1. The monoisotopic (exact) mass is 516 g/mol. The summed E-state index contributed by atoms with van der Waals surface area (Å²) in [6.07, 6.45) is 3.02. The minimum absolute atomic E-state index is 0.0491. The fourth-order valence-electron chi connectivity index (χ4n) is 4.17. The van der Waals surface area contributed by atoms with Crippen LogP contribution in [0.3, 0.4) is 0 Å². The van der Waals surface area contributed by atoms with Crippen LogP contribution in [-0.4, -0.2) is 69.1 Å². The van der Waals surface area contributed by atoms with Crippen LogP contribution in [0.2, 0.25) is 0 Å². The van der Waals surface area contributed by atoms with Crippen molar-refractivity contribution < 1.29 is 22.8 Å². The van der Waals surface area contributed by atoms with Gasteiger partial charge in [0.25, 0.3) is 0 Å². The van der Waals surface area contributed by atoms with Crippen molar-refractivity contribution in [1.82, 2.24) is 14.9 Å². The highest BCUT2D eigenvalue weighted by atomic mass is 32.2. The fourth-order valence-corrected chi connectivity index (χ4v) is 5.62. The fraction of sp³-hybridized carbons (Fsp3) is 0.417. The molecule has 6 N–H and O–H groups in total. The number of likely N-dealkylation sites (tertiary alicyclic amines) is 1. The zero-order chi connectivity index (χ0) is 26.1. The predicted molar refractivity (Wildman–Crippen MR) is 136 cm³/mol. The number of nitrogens with zero attached hydrogens (tertiary/aromatic N) is 2. The predicted octanol–water partition coefficient (Wildman–Crippen LogP) is 0.237. The maximum absolute atomic E-state index is 13.2. The second kappa shape index (κ2) is 12.5. The van der Waals surface area contributed by atoms with Gasteiger partial charge in [-0.15, -0.1) is 0 Å². The number of rotatable bonds is 11. The van der Waals surface area contributed by atoms with Crippen molar-refractivity contribution in [1.29, 1.82) is 0 Å². The van der Waals surface area contributed by atoms with Gasteiger partial charge in [-0.3, -0.25) is 14.6 Å². The number of carbonyl (C=O) groups excluding carboxylic acids is 3. The molecule has 11 nitrogen and oxygen atoms in total. The second-order valence-corrected chi connectivity index (χ2v) is 10.3. The van der Waals surface area contributed by atoms with Crippen LogP contribution in [0, 0.1) is 0 Å². The van der Waals surface area contributed by atoms with Crippen molar-refractivity contribution in [2.45, 2.75) is 49.1 Å². The maximum atomic E-state index is 13.2. The average Bonchev–Trinajstić information content (AvgIpc) is 3.01. The van der Waals surface area contributed by atoms with Gasteiger partial charge in [0.15, 0.2) is 5.96 Å². The standard InChI is InChI=1S/C24H32N6O5S/c25-24(26)27-13-6-9-18(16-31)28-22(32)15-30-14-4-3-11-20(23(30)33)29-36(34,35)21-12-5-8-17-7-1-2-10-19(17)21/h1-2,5,7-8,10,12,16,18,20,29H,3-4,6,9,11,13-15H2,(H,28,32)(H4,25,26,27). The molecule has 0 radical (unpaired) electrons. The van der Waals surface area contributed by atoms with Crippen molar-refractivity contribution in [3.63, 3.8) is 0 Å². The maximum Gasteiger partial charge on any atom is 0.241 e. The van der Waals surface area contributed by atoms with Crippen LogP contribution in [0.1, 0.15) is 32.1 Å². The molecule has 0 bridgehead atoms. The Morgan fingerprint density at radius 3 is 2.67 bits per heavy atom. The summed E-state index contributed by atoms with van der Waals surface area (Å²) in [5.41, 5.74) is 10.5. The van der Waals surface area contributed by atoms with Gasteiger partial charge in [0.1, 0.15) is 12.3 Å². The molecule has 1 heterocycles. The Morgan fingerprint density at radius 1 is 1.17 bits per heavy atom. The third kappa shape index (κ3) is 7.25. The zero-order valence-electron chi connectivity index (χ0n) is 19.9. The van der Waals surface area contributed by atoms with E-state index >= 15 is 0 Å². The van der Waals surface area contributed by atoms with Crippen LogP contribution in [0.4, 0.5) is 0 Å². The highest BCUT2D eigenvalue weighted by molar-refractivity contribution is 7.89. The van der Waals surface area contributed by atoms with Gasteiger partial charge < -0.3 is 26.5 Å². The van der Waals surface area contributed by atoms with Crippen LogP contribution in [0.5, 0.6) is 0 Å². The first-order valence-electron chi connectivity index (χ1n) is 11.8. The smallest absolute Gasteiger partial charge is 0.241 e. The normalized spacial score (nSPS) is 17.3. The molecule has 0 spiro atoms. The third-order valence-electron chi connectivity index (χ3n) is 5.93. The highest BCUT2D eigenvalue weighted by Crippen LogP contribution is 2.24. The Morgan fingerprint density at radius 2 is 1.92 bits per heavy atom. The van der Waals surface area contributed by atoms with Crippen molar-refractivity contribution in [2.24, 2.45) is 16.5 Å². The molecule has 2 amide bonds. The van der Waals surface area contributed by atoms with Gasteiger partial charge in [0.05, 0.1) is 17.5 Å². The van der Waals surface area contributed by atoms with Gasteiger partial charge in [-0.25, -0.2) is 8.42 Å². The van der Waals surface area contributed by atoms with Crippen LogP contribution in [0.25, 0.3) is 10.8 Å². The number of amides is 2. The van der Waals surface area contributed by atoms with E-state index in [2.05, 4.69) is 15.0 Å².